The van der Waals surface area contributed by atoms with Crippen molar-refractivity contribution in [2.45, 2.75) is 6.92 Å². The first-order chi connectivity index (χ1) is 8.27. The summed E-state index contributed by atoms with van der Waals surface area (Å²) in [5.74, 6) is 0. The summed E-state index contributed by atoms with van der Waals surface area (Å²) in [6.45, 7) is 2.14. The molecule has 0 N–H and O–H groups in total. The van der Waals surface area contributed by atoms with E-state index in [1.165, 1.54) is 22.5 Å². The molecule has 3 aromatic rings. The van der Waals surface area contributed by atoms with Gasteiger partial charge in [0.2, 0.25) is 0 Å². The molecular weight excluding hydrogens is 208 g/mol. The van der Waals surface area contributed by atoms with Gasteiger partial charge in [-0.05, 0) is 19.1 Å². The lowest BCUT2D eigenvalue weighted by Crippen LogP contribution is -2.19. The standard InChI is InChI=1S/C15H15N2/c1-12-7-6-10-17-11-14(16(2)15(12)17)13-8-4-3-5-9-13/h3-11H,1-2H3/q+1. The molecule has 0 fully saturated rings. The second-order valence-electron chi connectivity index (χ2n) is 4.36. The number of fused-ring (bicyclic) bond motifs is 1. The van der Waals surface area contributed by atoms with E-state index in [9.17, 15) is 0 Å². The van der Waals surface area contributed by atoms with Crippen molar-refractivity contribution < 1.29 is 4.40 Å². The normalized spacial score (nSPS) is 10.9. The molecule has 2 nitrogen and oxygen atoms in total. The van der Waals surface area contributed by atoms with Crippen LogP contribution in [-0.2, 0) is 7.05 Å². The average Bonchev–Trinajstić information content (AvgIpc) is 2.69. The fourth-order valence-electron chi connectivity index (χ4n) is 2.38. The number of benzene rings is 1. The molecule has 2 heteroatoms. The van der Waals surface area contributed by atoms with Crippen molar-refractivity contribution in [3.05, 3.63) is 60.4 Å². The molecule has 2 heterocycles. The van der Waals surface area contributed by atoms with Gasteiger partial charge < -0.3 is 0 Å². The molecule has 0 bridgehead atoms. The molecule has 1 aromatic carbocycles. The Hall–Kier alpha value is -2.09. The molecule has 2 aromatic heterocycles. The predicted octanol–water partition coefficient (Wildman–Crippen LogP) is 2.74. The third-order valence-electron chi connectivity index (χ3n) is 3.20. The van der Waals surface area contributed by atoms with E-state index in [0.29, 0.717) is 0 Å². The van der Waals surface area contributed by atoms with E-state index in [4.69, 9.17) is 0 Å². The van der Waals surface area contributed by atoms with Crippen molar-refractivity contribution in [2.24, 2.45) is 7.05 Å². The fraction of sp³-hybridized carbons (Fsp3) is 0.133. The van der Waals surface area contributed by atoms with Crippen LogP contribution >= 0.6 is 0 Å². The van der Waals surface area contributed by atoms with Crippen LogP contribution in [-0.4, -0.2) is 4.57 Å². The van der Waals surface area contributed by atoms with Crippen LogP contribution in [0.1, 0.15) is 5.56 Å². The van der Waals surface area contributed by atoms with Crippen molar-refractivity contribution in [3.8, 4) is 11.3 Å². The quantitative estimate of drug-likeness (QED) is 0.561. The summed E-state index contributed by atoms with van der Waals surface area (Å²) >= 11 is 0. The lowest BCUT2D eigenvalue weighted by atomic mass is 10.2. The molecule has 0 saturated carbocycles. The molecule has 0 saturated heterocycles. The van der Waals surface area contributed by atoms with Crippen molar-refractivity contribution in [1.82, 2.24) is 4.57 Å². The van der Waals surface area contributed by atoms with Gasteiger partial charge in [0.1, 0.15) is 6.20 Å². The van der Waals surface area contributed by atoms with Crippen LogP contribution in [0.5, 0.6) is 0 Å². The number of nitrogens with zero attached hydrogens (tertiary/aromatic N) is 2. The van der Waals surface area contributed by atoms with E-state index < -0.39 is 0 Å². The second kappa shape index (κ2) is 3.74. The lowest BCUT2D eigenvalue weighted by molar-refractivity contribution is -0.510. The van der Waals surface area contributed by atoms with Crippen molar-refractivity contribution in [1.29, 1.82) is 0 Å². The Bertz CT molecular complexity index is 666. The largest absolute Gasteiger partial charge is 0.289 e. The molecule has 3 rings (SSSR count). The van der Waals surface area contributed by atoms with E-state index >= 15 is 0 Å². The van der Waals surface area contributed by atoms with Crippen molar-refractivity contribution in [3.63, 3.8) is 0 Å². The highest BCUT2D eigenvalue weighted by Gasteiger charge is 2.16. The zero-order valence-corrected chi connectivity index (χ0v) is 10.1. The minimum absolute atomic E-state index is 1.24. The number of rotatable bonds is 1. The first kappa shape index (κ1) is 10.1. The van der Waals surface area contributed by atoms with Crippen LogP contribution in [0, 0.1) is 6.92 Å². The van der Waals surface area contributed by atoms with Gasteiger partial charge in [0.05, 0.1) is 13.2 Å². The highest BCUT2D eigenvalue weighted by atomic mass is 15.1. The van der Waals surface area contributed by atoms with E-state index in [0.717, 1.165) is 0 Å². The molecule has 0 atom stereocenters. The maximum atomic E-state index is 2.24. The van der Waals surface area contributed by atoms with Crippen LogP contribution in [0.2, 0.25) is 0 Å². The number of aromatic nitrogens is 2. The summed E-state index contributed by atoms with van der Waals surface area (Å²) < 4.78 is 4.42. The second-order valence-corrected chi connectivity index (χ2v) is 4.36. The first-order valence-electron chi connectivity index (χ1n) is 5.79. The molecular formula is C15H15N2+. The average molecular weight is 223 g/mol. The minimum atomic E-state index is 1.24. The SMILES string of the molecule is Cc1ccc[n+]2cc(-c3ccccc3)n(C)c12. The summed E-state index contributed by atoms with van der Waals surface area (Å²) in [4.78, 5) is 0. The van der Waals surface area contributed by atoms with Crippen molar-refractivity contribution in [2.75, 3.05) is 0 Å². The summed E-state index contributed by atoms with van der Waals surface area (Å²) in [5.41, 5.74) is 5.02. The molecule has 0 aliphatic rings. The van der Waals surface area contributed by atoms with Gasteiger partial charge in [-0.15, -0.1) is 0 Å². The Labute approximate surface area is 101 Å². The molecule has 0 unspecified atom stereocenters. The van der Waals surface area contributed by atoms with Crippen LogP contribution in [0.3, 0.4) is 0 Å². The smallest absolute Gasteiger partial charge is 0.226 e. The number of imidazole rings is 1. The topological polar surface area (TPSA) is 9.03 Å². The van der Waals surface area contributed by atoms with Crippen molar-refractivity contribution >= 4 is 5.65 Å². The van der Waals surface area contributed by atoms with Gasteiger partial charge in [0, 0.05) is 11.1 Å². The molecule has 0 radical (unpaired) electrons. The number of hydrogen-bond acceptors (Lipinski definition) is 0. The highest BCUT2D eigenvalue weighted by Crippen LogP contribution is 2.19. The maximum Gasteiger partial charge on any atom is 0.289 e. The highest BCUT2D eigenvalue weighted by molar-refractivity contribution is 5.62. The summed E-state index contributed by atoms with van der Waals surface area (Å²) in [5, 5.41) is 0. The Kier molecular flexibility index (Phi) is 2.22. The van der Waals surface area contributed by atoms with Crippen LogP contribution in [0.4, 0.5) is 0 Å². The third kappa shape index (κ3) is 1.53. The molecule has 17 heavy (non-hydrogen) atoms. The van der Waals surface area contributed by atoms with E-state index in [1.807, 2.05) is 6.07 Å². The van der Waals surface area contributed by atoms with Gasteiger partial charge in [-0.25, -0.2) is 8.97 Å². The maximum absolute atomic E-state index is 2.24. The van der Waals surface area contributed by atoms with E-state index in [2.05, 4.69) is 71.7 Å². The number of hydrogen-bond donors (Lipinski definition) is 0. The van der Waals surface area contributed by atoms with E-state index in [-0.39, 0.29) is 0 Å². The zero-order chi connectivity index (χ0) is 11.8. The Morgan fingerprint density at radius 1 is 1.00 bits per heavy atom. The van der Waals surface area contributed by atoms with Gasteiger partial charge in [0.15, 0.2) is 5.69 Å². The fourth-order valence-corrected chi connectivity index (χ4v) is 2.38. The summed E-state index contributed by atoms with van der Waals surface area (Å²) in [7, 11) is 2.12. The van der Waals surface area contributed by atoms with Gasteiger partial charge in [-0.1, -0.05) is 30.3 Å². The van der Waals surface area contributed by atoms with Crippen LogP contribution in [0.25, 0.3) is 16.9 Å². The molecule has 0 spiro atoms. The Morgan fingerprint density at radius 3 is 2.47 bits per heavy atom. The van der Waals surface area contributed by atoms with Gasteiger partial charge >= 0.3 is 0 Å². The van der Waals surface area contributed by atoms with Crippen LogP contribution in [0.15, 0.2) is 54.9 Å². The molecule has 0 aliphatic heterocycles. The summed E-state index contributed by atoms with van der Waals surface area (Å²) in [6.07, 6.45) is 4.27. The zero-order valence-electron chi connectivity index (χ0n) is 10.1. The number of aryl methyl sites for hydroxylation is 2. The van der Waals surface area contributed by atoms with E-state index in [1.54, 1.807) is 0 Å². The Morgan fingerprint density at radius 2 is 1.76 bits per heavy atom. The number of pyridine rings is 1. The molecule has 0 aliphatic carbocycles. The lowest BCUT2D eigenvalue weighted by Gasteiger charge is -1.97. The van der Waals surface area contributed by atoms with Gasteiger partial charge in [-0.3, -0.25) is 0 Å². The minimum Gasteiger partial charge on any atom is -0.226 e. The predicted molar refractivity (Wildman–Crippen MR) is 68.7 cm³/mol. The third-order valence-corrected chi connectivity index (χ3v) is 3.20. The molecule has 84 valence electrons. The van der Waals surface area contributed by atoms with Crippen LogP contribution < -0.4 is 4.40 Å². The van der Waals surface area contributed by atoms with Gasteiger partial charge in [0.25, 0.3) is 5.65 Å². The Balaban J connectivity index is 2.33. The van der Waals surface area contributed by atoms with Gasteiger partial charge in [-0.2, -0.15) is 0 Å². The first-order valence-corrected chi connectivity index (χ1v) is 5.79. The summed E-state index contributed by atoms with van der Waals surface area (Å²) in [6, 6.07) is 14.7. The molecule has 0 amide bonds. The monoisotopic (exact) mass is 223 g/mol.